The van der Waals surface area contributed by atoms with E-state index in [-0.39, 0.29) is 5.92 Å². The SMILES string of the molecule is CCC(Cc1cc2c3ccccc3n3c(N)nc(-c4ccc(-c5ccccc5)cc4)nc(-c4cccc(-c5ccccc5)c4)cc4ccc(-c5ccccc5)c(c4)n4c5ccccc5c1c4c23)c1ccccc1-c1ccccc1C. The van der Waals surface area contributed by atoms with Crippen LogP contribution in [0.15, 0.2) is 267 Å². The molecule has 0 aliphatic heterocycles. The van der Waals surface area contributed by atoms with E-state index in [2.05, 4.69) is 284 Å². The smallest absolute Gasteiger partial charge is 0.207 e. The average Bonchev–Trinajstić information content (AvgIpc) is 4.26. The standard InChI is InChI=1S/C75H57N5/c1-3-51(61-32-15-16-33-63(61)60-31-14-13-22-49(60)2)46-59-48-66-64-34-17-19-36-68(64)80-72(66)73-71(59)65-35-18-20-37-69(65)79(73)70-45-50(38-43-62(70)55-27-11-6-12-28-55)44-67(58-30-21-29-57(47-58)53-25-9-5-10-26-53)77-74(78-75(80)76)56-41-39-54(40-42-56)52-23-7-4-8-24-52/h4-45,47-48,51H,3,46H2,1-2H3,(H2,76,77,78). The van der Waals surface area contributed by atoms with Crippen LogP contribution in [0.25, 0.3) is 122 Å². The second kappa shape index (κ2) is 20.4. The van der Waals surface area contributed by atoms with Gasteiger partial charge in [-0.15, -0.1) is 0 Å². The topological polar surface area (TPSA) is 60.6 Å². The van der Waals surface area contributed by atoms with E-state index in [0.717, 1.165) is 107 Å². The zero-order valence-corrected chi connectivity index (χ0v) is 44.8. The Bertz CT molecular complexity index is 4730. The Balaban J connectivity index is 1.15. The molecule has 0 fully saturated rings. The lowest BCUT2D eigenvalue weighted by molar-refractivity contribution is 0.665. The van der Waals surface area contributed by atoms with Gasteiger partial charge in [-0.1, -0.05) is 237 Å². The molecule has 2 N–H and O–H groups in total. The maximum atomic E-state index is 7.77. The molecule has 3 aromatic heterocycles. The van der Waals surface area contributed by atoms with Crippen LogP contribution in [-0.2, 0) is 6.42 Å². The van der Waals surface area contributed by atoms with Gasteiger partial charge in [0.05, 0.1) is 33.3 Å². The normalized spacial score (nSPS) is 12.0. The second-order valence-electron chi connectivity index (χ2n) is 21.0. The Morgan fingerprint density at radius 1 is 0.400 bits per heavy atom. The Morgan fingerprint density at radius 2 is 0.975 bits per heavy atom. The zero-order valence-electron chi connectivity index (χ0n) is 44.8. The highest BCUT2D eigenvalue weighted by Gasteiger charge is 2.25. The molecule has 0 radical (unpaired) electrons. The first-order valence-electron chi connectivity index (χ1n) is 27.8. The number of aromatic nitrogens is 4. The lowest BCUT2D eigenvalue weighted by Crippen LogP contribution is -2.05. The lowest BCUT2D eigenvalue weighted by Gasteiger charge is -2.21. The van der Waals surface area contributed by atoms with Crippen molar-refractivity contribution in [3.05, 3.63) is 284 Å². The third-order valence-electron chi connectivity index (χ3n) is 16.3. The van der Waals surface area contributed by atoms with Crippen molar-refractivity contribution in [3.63, 3.8) is 0 Å². The van der Waals surface area contributed by atoms with Crippen molar-refractivity contribution in [2.75, 3.05) is 5.73 Å². The molecule has 5 heteroatoms. The molecular formula is C75H57N5. The number of nitrogens with zero attached hydrogens (tertiary/aromatic N) is 4. The molecule has 0 spiro atoms. The van der Waals surface area contributed by atoms with E-state index in [1.165, 1.54) is 38.6 Å². The Labute approximate surface area is 465 Å². The summed E-state index contributed by atoms with van der Waals surface area (Å²) in [5, 5.41) is 5.59. The number of hydrogen-bond donors (Lipinski definition) is 1. The summed E-state index contributed by atoms with van der Waals surface area (Å²) in [4.78, 5) is 11.2. The molecule has 1 atom stereocenters. The number of nitrogen functional groups attached to an aromatic ring is 1. The third-order valence-corrected chi connectivity index (χ3v) is 16.3. The van der Waals surface area contributed by atoms with Gasteiger partial charge in [0.15, 0.2) is 5.82 Å². The fraction of sp³-hybridized carbons (Fsp3) is 0.0667. The van der Waals surface area contributed by atoms with Crippen LogP contribution in [-0.4, -0.2) is 18.8 Å². The number of anilines is 1. The van der Waals surface area contributed by atoms with Crippen LogP contribution in [0.5, 0.6) is 0 Å². The highest BCUT2D eigenvalue weighted by molar-refractivity contribution is 6.25. The third kappa shape index (κ3) is 8.52. The molecule has 0 saturated heterocycles. The Morgan fingerprint density at radius 3 is 1.70 bits per heavy atom. The van der Waals surface area contributed by atoms with Crippen molar-refractivity contribution in [1.82, 2.24) is 18.8 Å². The van der Waals surface area contributed by atoms with Crippen LogP contribution >= 0.6 is 0 Å². The second-order valence-corrected chi connectivity index (χ2v) is 21.0. The minimum atomic E-state index is 0.210. The van der Waals surface area contributed by atoms with E-state index in [9.17, 15) is 0 Å². The van der Waals surface area contributed by atoms with E-state index in [0.29, 0.717) is 11.8 Å². The largest absolute Gasteiger partial charge is 0.369 e. The van der Waals surface area contributed by atoms with Gasteiger partial charge in [-0.05, 0) is 123 Å². The van der Waals surface area contributed by atoms with Gasteiger partial charge in [-0.25, -0.2) is 4.98 Å². The molecular weight excluding hydrogens is 971 g/mol. The van der Waals surface area contributed by atoms with Gasteiger partial charge in [0, 0.05) is 38.2 Å². The number of hydrogen-bond acceptors (Lipinski definition) is 3. The first kappa shape index (κ1) is 48.3. The van der Waals surface area contributed by atoms with E-state index in [1.807, 2.05) is 6.07 Å². The minimum absolute atomic E-state index is 0.210. The molecule has 0 aliphatic rings. The predicted molar refractivity (Wildman–Crippen MR) is 337 cm³/mol. The van der Waals surface area contributed by atoms with Crippen LogP contribution in [0.1, 0.15) is 36.0 Å². The molecule has 3 heterocycles. The quantitative estimate of drug-likeness (QED) is 0.148. The maximum Gasteiger partial charge on any atom is 0.207 e. The van der Waals surface area contributed by atoms with E-state index >= 15 is 0 Å². The molecule has 11 aromatic carbocycles. The number of benzene rings is 11. The van der Waals surface area contributed by atoms with E-state index < -0.39 is 0 Å². The van der Waals surface area contributed by atoms with Crippen molar-refractivity contribution >= 4 is 60.5 Å². The molecule has 14 rings (SSSR count). The van der Waals surface area contributed by atoms with Crippen LogP contribution < -0.4 is 5.73 Å². The number of aryl methyl sites for hydroxylation is 1. The van der Waals surface area contributed by atoms with E-state index in [4.69, 9.17) is 15.7 Å². The van der Waals surface area contributed by atoms with Crippen molar-refractivity contribution < 1.29 is 0 Å². The van der Waals surface area contributed by atoms with Crippen LogP contribution in [0.4, 0.5) is 5.95 Å². The molecule has 0 amide bonds. The molecule has 5 nitrogen and oxygen atoms in total. The summed E-state index contributed by atoms with van der Waals surface area (Å²) < 4.78 is 4.73. The minimum Gasteiger partial charge on any atom is -0.369 e. The highest BCUT2D eigenvalue weighted by Crippen LogP contribution is 2.45. The van der Waals surface area contributed by atoms with Gasteiger partial charge in [-0.3, -0.25) is 4.40 Å². The van der Waals surface area contributed by atoms with Gasteiger partial charge in [-0.2, -0.15) is 4.98 Å². The molecule has 14 aromatic rings. The predicted octanol–water partition coefficient (Wildman–Crippen LogP) is 19.3. The van der Waals surface area contributed by atoms with Crippen LogP contribution in [0, 0.1) is 6.92 Å². The average molecular weight is 1030 g/mol. The Kier molecular flexibility index (Phi) is 12.3. The summed E-state index contributed by atoms with van der Waals surface area (Å²) in [5.41, 5.74) is 28.7. The number of para-hydroxylation sites is 2. The van der Waals surface area contributed by atoms with Gasteiger partial charge >= 0.3 is 0 Å². The van der Waals surface area contributed by atoms with Crippen molar-refractivity contribution in [3.8, 4) is 67.2 Å². The van der Waals surface area contributed by atoms with Crippen molar-refractivity contribution in [2.45, 2.75) is 32.6 Å². The monoisotopic (exact) mass is 1030 g/mol. The number of nitrogens with two attached hydrogens (primary N) is 1. The summed E-state index contributed by atoms with van der Waals surface area (Å²) in [7, 11) is 0. The van der Waals surface area contributed by atoms with Gasteiger partial charge in [0.25, 0.3) is 0 Å². The summed E-state index contributed by atoms with van der Waals surface area (Å²) in [6, 6.07) is 96.1. The van der Waals surface area contributed by atoms with Gasteiger partial charge in [0.1, 0.15) is 0 Å². The Hall–Kier alpha value is -10.1. The molecule has 80 heavy (non-hydrogen) atoms. The molecule has 382 valence electrons. The van der Waals surface area contributed by atoms with Gasteiger partial charge in [0.2, 0.25) is 5.95 Å². The first-order valence-corrected chi connectivity index (χ1v) is 27.8. The molecule has 1 unspecified atom stereocenters. The summed E-state index contributed by atoms with van der Waals surface area (Å²) in [6.07, 6.45) is 1.78. The summed E-state index contributed by atoms with van der Waals surface area (Å²) in [6.45, 7) is 4.56. The lowest BCUT2D eigenvalue weighted by atomic mass is 9.83. The molecule has 0 saturated carbocycles. The summed E-state index contributed by atoms with van der Waals surface area (Å²) >= 11 is 0. The highest BCUT2D eigenvalue weighted by atomic mass is 15.1. The number of rotatable bonds is 10. The van der Waals surface area contributed by atoms with Crippen LogP contribution in [0.3, 0.4) is 0 Å². The van der Waals surface area contributed by atoms with Crippen molar-refractivity contribution in [2.24, 2.45) is 0 Å². The van der Waals surface area contributed by atoms with Crippen molar-refractivity contribution in [1.29, 1.82) is 0 Å². The first-order chi connectivity index (χ1) is 39.5. The zero-order chi connectivity index (χ0) is 53.7. The maximum absolute atomic E-state index is 7.77. The van der Waals surface area contributed by atoms with E-state index in [1.54, 1.807) is 0 Å². The fourth-order valence-electron chi connectivity index (χ4n) is 12.4. The molecule has 2 bridgehead atoms. The fourth-order valence-corrected chi connectivity index (χ4v) is 12.4. The number of fused-ring (bicyclic) bond motifs is 9. The molecule has 0 aliphatic carbocycles. The summed E-state index contributed by atoms with van der Waals surface area (Å²) in [5.74, 6) is 1.02. The van der Waals surface area contributed by atoms with Crippen LogP contribution in [0.2, 0.25) is 0 Å². The van der Waals surface area contributed by atoms with Gasteiger partial charge < -0.3 is 10.1 Å².